The van der Waals surface area contributed by atoms with Crippen molar-refractivity contribution in [2.75, 3.05) is 10.3 Å². The molecule has 2 aliphatic heterocycles. The lowest BCUT2D eigenvalue weighted by Gasteiger charge is -2.43. The summed E-state index contributed by atoms with van der Waals surface area (Å²) in [4.78, 5) is 28.2. The van der Waals surface area contributed by atoms with Crippen LogP contribution in [0.25, 0.3) is 0 Å². The van der Waals surface area contributed by atoms with E-state index in [1.54, 1.807) is 59.6 Å². The first-order chi connectivity index (χ1) is 16.6. The van der Waals surface area contributed by atoms with Crippen LogP contribution in [0.15, 0.2) is 66.7 Å². The monoisotopic (exact) mass is 456 g/mol. The summed E-state index contributed by atoms with van der Waals surface area (Å²) < 4.78 is 0. The van der Waals surface area contributed by atoms with Crippen LogP contribution < -0.4 is 10.3 Å². The Balaban J connectivity index is 1.50. The molecule has 3 aliphatic rings. The van der Waals surface area contributed by atoms with Crippen LogP contribution in [0.1, 0.15) is 37.7 Å². The third-order valence-corrected chi connectivity index (χ3v) is 7.22. The van der Waals surface area contributed by atoms with E-state index in [9.17, 15) is 14.7 Å². The Hall–Kier alpha value is -3.47. The number of hydrazine groups is 1. The topological polar surface area (TPSA) is 96.7 Å². The minimum Gasteiger partial charge on any atom is -0.391 e. The predicted octanol–water partition coefficient (Wildman–Crippen LogP) is 3.62. The number of imide groups is 1. The van der Waals surface area contributed by atoms with Gasteiger partial charge in [-0.05, 0) is 55.2 Å². The maximum atomic E-state index is 13.7. The van der Waals surface area contributed by atoms with Gasteiger partial charge >= 0.3 is 0 Å². The molecule has 1 saturated heterocycles. The second-order valence-electron chi connectivity index (χ2n) is 9.29. The Morgan fingerprint density at radius 2 is 1.65 bits per heavy atom. The highest BCUT2D eigenvalue weighted by Gasteiger charge is 2.54. The fourth-order valence-electron chi connectivity index (χ4n) is 5.45. The molecule has 7 nitrogen and oxygen atoms in total. The maximum absolute atomic E-state index is 13.7. The van der Waals surface area contributed by atoms with Gasteiger partial charge in [0.05, 0.1) is 35.4 Å². The Morgan fingerprint density at radius 1 is 0.941 bits per heavy atom. The first-order valence-electron chi connectivity index (χ1n) is 11.9. The lowest BCUT2D eigenvalue weighted by Crippen LogP contribution is -2.58. The predicted molar refractivity (Wildman–Crippen MR) is 128 cm³/mol. The summed E-state index contributed by atoms with van der Waals surface area (Å²) >= 11 is 0. The van der Waals surface area contributed by atoms with E-state index in [-0.39, 0.29) is 17.7 Å². The van der Waals surface area contributed by atoms with Crippen LogP contribution in [0.4, 0.5) is 11.4 Å². The summed E-state index contributed by atoms with van der Waals surface area (Å²) in [5, 5.41) is 22.3. The number of carbonyl (C=O) groups excluding carboxylic acids is 2. The van der Waals surface area contributed by atoms with E-state index < -0.39 is 24.1 Å². The third-order valence-electron chi connectivity index (χ3n) is 7.22. The molecule has 5 rings (SSSR count). The van der Waals surface area contributed by atoms with Gasteiger partial charge in [0.25, 0.3) is 5.91 Å². The lowest BCUT2D eigenvalue weighted by atomic mass is 9.80. The minimum absolute atomic E-state index is 0.141. The van der Waals surface area contributed by atoms with Crippen molar-refractivity contribution in [3.05, 3.63) is 72.3 Å². The number of aliphatic hydroxyl groups is 1. The van der Waals surface area contributed by atoms with Crippen molar-refractivity contribution in [3.63, 3.8) is 0 Å². The Bertz CT molecular complexity index is 1120. The molecular formula is C27H28N4O3. The summed E-state index contributed by atoms with van der Waals surface area (Å²) in [5.74, 6) is -1.08. The smallest absolute Gasteiger partial charge is 0.254 e. The molecule has 4 atom stereocenters. The van der Waals surface area contributed by atoms with E-state index in [1.807, 2.05) is 12.1 Å². The highest BCUT2D eigenvalue weighted by molar-refractivity contribution is 6.24. The number of para-hydroxylation sites is 1. The first kappa shape index (κ1) is 22.3. The maximum Gasteiger partial charge on any atom is 0.254 e. The Kier molecular flexibility index (Phi) is 6.18. The van der Waals surface area contributed by atoms with Gasteiger partial charge in [0.2, 0.25) is 5.91 Å². The fraction of sp³-hybridized carbons (Fsp3) is 0.370. The zero-order valence-electron chi connectivity index (χ0n) is 18.9. The number of aliphatic hydroxyl groups excluding tert-OH is 1. The molecule has 4 unspecified atom stereocenters. The molecule has 0 radical (unpaired) electrons. The average molecular weight is 457 g/mol. The second-order valence-corrected chi connectivity index (χ2v) is 9.29. The molecule has 2 amide bonds. The van der Waals surface area contributed by atoms with Crippen LogP contribution in [0, 0.1) is 23.2 Å². The SMILES string of the molecule is N#Cc1ccc(NN2C(C(O)C3CCCCC3)C=CC3C(=O)N(c4ccccc4)C(=O)C32)cc1. The molecule has 34 heavy (non-hydrogen) atoms. The van der Waals surface area contributed by atoms with Gasteiger partial charge < -0.3 is 10.5 Å². The van der Waals surface area contributed by atoms with Crippen molar-refractivity contribution in [2.24, 2.45) is 11.8 Å². The fourth-order valence-corrected chi connectivity index (χ4v) is 5.45. The van der Waals surface area contributed by atoms with Gasteiger partial charge in [-0.25, -0.2) is 9.91 Å². The van der Waals surface area contributed by atoms with Gasteiger partial charge in [-0.15, -0.1) is 0 Å². The standard InChI is InChI=1S/C27H28N4O3/c28-17-18-11-13-20(14-12-18)29-31-23(25(32)19-7-3-1-4-8-19)16-15-22-24(31)27(34)30(26(22)33)21-9-5-2-6-10-21/h2,5-6,9-16,19,22-25,29,32H,1,3-4,7-8H2. The number of benzene rings is 2. The molecule has 7 heteroatoms. The summed E-state index contributed by atoms with van der Waals surface area (Å²) in [6, 6.07) is 16.7. The van der Waals surface area contributed by atoms with Crippen LogP contribution in [-0.4, -0.2) is 40.1 Å². The normalized spacial score (nSPS) is 26.2. The number of hydrogen-bond donors (Lipinski definition) is 2. The highest BCUT2D eigenvalue weighted by atomic mass is 16.3. The van der Waals surface area contributed by atoms with Crippen molar-refractivity contribution in [2.45, 2.75) is 50.3 Å². The number of nitrogens with zero attached hydrogens (tertiary/aromatic N) is 3. The Morgan fingerprint density at radius 3 is 2.32 bits per heavy atom. The van der Waals surface area contributed by atoms with Crippen molar-refractivity contribution in [1.82, 2.24) is 5.01 Å². The molecule has 2 aromatic carbocycles. The van der Waals surface area contributed by atoms with Crippen LogP contribution >= 0.6 is 0 Å². The number of nitriles is 1. The summed E-state index contributed by atoms with van der Waals surface area (Å²) in [7, 11) is 0. The molecule has 0 spiro atoms. The van der Waals surface area contributed by atoms with Crippen LogP contribution in [0.2, 0.25) is 0 Å². The average Bonchev–Trinajstić information content (AvgIpc) is 3.15. The zero-order valence-corrected chi connectivity index (χ0v) is 18.9. The molecule has 2 heterocycles. The highest BCUT2D eigenvalue weighted by Crippen LogP contribution is 2.38. The number of hydrogen-bond acceptors (Lipinski definition) is 6. The number of fused-ring (bicyclic) bond motifs is 1. The number of rotatable bonds is 5. The van der Waals surface area contributed by atoms with E-state index in [0.717, 1.165) is 25.7 Å². The summed E-state index contributed by atoms with van der Waals surface area (Å²) in [5.41, 5.74) is 5.07. The lowest BCUT2D eigenvalue weighted by molar-refractivity contribution is -0.123. The largest absolute Gasteiger partial charge is 0.391 e. The summed E-state index contributed by atoms with van der Waals surface area (Å²) in [6.45, 7) is 0. The zero-order chi connectivity index (χ0) is 23.7. The molecule has 2 fully saturated rings. The molecule has 2 aromatic rings. The van der Waals surface area contributed by atoms with E-state index >= 15 is 0 Å². The third kappa shape index (κ3) is 4.00. The summed E-state index contributed by atoms with van der Waals surface area (Å²) in [6.07, 6.45) is 8.26. The Labute approximate surface area is 199 Å². The minimum atomic E-state index is -0.781. The van der Waals surface area contributed by atoms with Gasteiger partial charge in [-0.3, -0.25) is 9.59 Å². The number of anilines is 2. The number of amides is 2. The number of nitrogens with one attached hydrogen (secondary N) is 1. The molecule has 1 saturated carbocycles. The van der Waals surface area contributed by atoms with Gasteiger partial charge in [0.1, 0.15) is 6.04 Å². The van der Waals surface area contributed by atoms with E-state index in [4.69, 9.17) is 5.26 Å². The quantitative estimate of drug-likeness (QED) is 0.527. The van der Waals surface area contributed by atoms with Gasteiger partial charge in [-0.2, -0.15) is 5.26 Å². The molecule has 174 valence electrons. The van der Waals surface area contributed by atoms with E-state index in [1.165, 1.54) is 11.3 Å². The molecule has 0 aromatic heterocycles. The molecular weight excluding hydrogens is 428 g/mol. The van der Waals surface area contributed by atoms with Crippen molar-refractivity contribution >= 4 is 23.2 Å². The molecule has 2 N–H and O–H groups in total. The van der Waals surface area contributed by atoms with Gasteiger partial charge in [0, 0.05) is 5.69 Å². The van der Waals surface area contributed by atoms with Crippen molar-refractivity contribution < 1.29 is 14.7 Å². The molecule has 1 aliphatic carbocycles. The molecule has 0 bridgehead atoms. The van der Waals surface area contributed by atoms with Gasteiger partial charge in [0.15, 0.2) is 0 Å². The van der Waals surface area contributed by atoms with Crippen LogP contribution in [0.5, 0.6) is 0 Å². The number of carbonyl (C=O) groups is 2. The van der Waals surface area contributed by atoms with Crippen LogP contribution in [0.3, 0.4) is 0 Å². The first-order valence-corrected chi connectivity index (χ1v) is 11.9. The van der Waals surface area contributed by atoms with Crippen molar-refractivity contribution in [3.8, 4) is 6.07 Å². The van der Waals surface area contributed by atoms with Crippen molar-refractivity contribution in [1.29, 1.82) is 5.26 Å². The second kappa shape index (κ2) is 9.41. The van der Waals surface area contributed by atoms with E-state index in [2.05, 4.69) is 11.5 Å². The van der Waals surface area contributed by atoms with Crippen LogP contribution in [-0.2, 0) is 9.59 Å². The van der Waals surface area contributed by atoms with E-state index in [0.29, 0.717) is 16.9 Å². The van der Waals surface area contributed by atoms with Gasteiger partial charge in [-0.1, -0.05) is 49.6 Å².